The minimum atomic E-state index is 0.338. The van der Waals surface area contributed by atoms with E-state index in [0.717, 1.165) is 18.8 Å². The van der Waals surface area contributed by atoms with E-state index in [9.17, 15) is 4.79 Å². The van der Waals surface area contributed by atoms with Crippen LogP contribution in [0, 0.1) is 5.92 Å². The summed E-state index contributed by atoms with van der Waals surface area (Å²) < 4.78 is 0. The topological polar surface area (TPSA) is 17.1 Å². The van der Waals surface area contributed by atoms with Gasteiger partial charge in [-0.15, -0.1) is 0 Å². The monoisotopic (exact) mass is 170 g/mol. The van der Waals surface area contributed by atoms with Crippen molar-refractivity contribution in [1.29, 1.82) is 0 Å². The molecule has 0 saturated heterocycles. The molecule has 0 aromatic heterocycles. The van der Waals surface area contributed by atoms with Crippen molar-refractivity contribution in [2.24, 2.45) is 5.92 Å². The maximum Gasteiger partial charge on any atom is 0.129 e. The summed E-state index contributed by atoms with van der Waals surface area (Å²) in [6, 6.07) is 0. The molecule has 0 radical (unpaired) electrons. The van der Waals surface area contributed by atoms with Crippen molar-refractivity contribution in [1.82, 2.24) is 0 Å². The van der Waals surface area contributed by atoms with Crippen LogP contribution in [0.4, 0.5) is 0 Å². The van der Waals surface area contributed by atoms with Crippen molar-refractivity contribution in [3.05, 3.63) is 0 Å². The summed E-state index contributed by atoms with van der Waals surface area (Å²) in [6.07, 6.45) is 7.01. The fourth-order valence-corrected chi connectivity index (χ4v) is 1.45. The Balaban J connectivity index is 3.45. The predicted octanol–water partition coefficient (Wildman–Crippen LogP) is 3.57. The van der Waals surface area contributed by atoms with Gasteiger partial charge in [-0.05, 0) is 19.3 Å². The molecule has 1 nitrogen and oxygen atoms in total. The van der Waals surface area contributed by atoms with Gasteiger partial charge in [0, 0.05) is 6.42 Å². The Labute approximate surface area is 76.6 Å². The molecule has 0 fully saturated rings. The Hall–Kier alpha value is -0.330. The zero-order valence-corrected chi connectivity index (χ0v) is 8.73. The molecule has 0 N–H and O–H groups in total. The first-order chi connectivity index (χ1) is 5.70. The van der Waals surface area contributed by atoms with Gasteiger partial charge >= 0.3 is 0 Å². The molecule has 0 bridgehead atoms. The molecule has 12 heavy (non-hydrogen) atoms. The number of hydrogen-bond donors (Lipinski definition) is 0. The maximum absolute atomic E-state index is 10.7. The molecule has 0 amide bonds. The SMILES string of the molecule is CCCCC(CC)CCC(C)=O. The van der Waals surface area contributed by atoms with Crippen LogP contribution in [0.5, 0.6) is 0 Å². The van der Waals surface area contributed by atoms with Gasteiger partial charge in [0.25, 0.3) is 0 Å². The van der Waals surface area contributed by atoms with E-state index in [1.54, 1.807) is 6.92 Å². The van der Waals surface area contributed by atoms with Crippen molar-refractivity contribution in [3.63, 3.8) is 0 Å². The van der Waals surface area contributed by atoms with Crippen molar-refractivity contribution in [2.75, 3.05) is 0 Å². The third kappa shape index (κ3) is 6.38. The van der Waals surface area contributed by atoms with Crippen molar-refractivity contribution < 1.29 is 4.79 Å². The number of ketones is 1. The fourth-order valence-electron chi connectivity index (χ4n) is 1.45. The van der Waals surface area contributed by atoms with Gasteiger partial charge in [0.1, 0.15) is 5.78 Å². The minimum absolute atomic E-state index is 0.338. The average Bonchev–Trinajstić information content (AvgIpc) is 2.05. The molecular formula is C11H22O. The lowest BCUT2D eigenvalue weighted by Crippen LogP contribution is -2.01. The molecule has 1 heteroatoms. The molecule has 0 aromatic rings. The van der Waals surface area contributed by atoms with E-state index in [0.29, 0.717) is 5.78 Å². The second kappa shape index (κ2) is 7.33. The first kappa shape index (κ1) is 11.7. The summed E-state index contributed by atoms with van der Waals surface area (Å²) in [5.74, 6) is 1.12. The third-order valence-electron chi connectivity index (χ3n) is 2.45. The van der Waals surface area contributed by atoms with Crippen molar-refractivity contribution in [3.8, 4) is 0 Å². The van der Waals surface area contributed by atoms with Gasteiger partial charge < -0.3 is 4.79 Å². The first-order valence-corrected chi connectivity index (χ1v) is 5.20. The lowest BCUT2D eigenvalue weighted by Gasteiger charge is -2.12. The van der Waals surface area contributed by atoms with E-state index in [-0.39, 0.29) is 0 Å². The summed E-state index contributed by atoms with van der Waals surface area (Å²) >= 11 is 0. The molecule has 0 aliphatic rings. The van der Waals surface area contributed by atoms with Gasteiger partial charge in [-0.1, -0.05) is 39.5 Å². The number of carbonyl (C=O) groups excluding carboxylic acids is 1. The number of unbranched alkanes of at least 4 members (excludes halogenated alkanes) is 1. The molecule has 0 aliphatic heterocycles. The predicted molar refractivity (Wildman–Crippen MR) is 53.2 cm³/mol. The molecule has 0 rings (SSSR count). The van der Waals surface area contributed by atoms with Crippen LogP contribution in [0.25, 0.3) is 0 Å². The van der Waals surface area contributed by atoms with E-state index in [1.807, 2.05) is 0 Å². The molecule has 0 saturated carbocycles. The second-order valence-electron chi connectivity index (χ2n) is 3.66. The molecule has 0 aliphatic carbocycles. The lowest BCUT2D eigenvalue weighted by molar-refractivity contribution is -0.117. The summed E-state index contributed by atoms with van der Waals surface area (Å²) in [5, 5.41) is 0. The lowest BCUT2D eigenvalue weighted by atomic mass is 9.94. The van der Waals surface area contributed by atoms with Crippen molar-refractivity contribution in [2.45, 2.75) is 59.3 Å². The fraction of sp³-hybridized carbons (Fsp3) is 0.909. The highest BCUT2D eigenvalue weighted by Gasteiger charge is 2.06. The van der Waals surface area contributed by atoms with E-state index >= 15 is 0 Å². The zero-order valence-electron chi connectivity index (χ0n) is 8.73. The van der Waals surface area contributed by atoms with Crippen LogP contribution < -0.4 is 0 Å². The highest BCUT2D eigenvalue weighted by Crippen LogP contribution is 2.18. The molecule has 0 spiro atoms. The highest BCUT2D eigenvalue weighted by atomic mass is 16.1. The van der Waals surface area contributed by atoms with Crippen LogP contribution in [0.3, 0.4) is 0 Å². The Morgan fingerprint density at radius 1 is 1.25 bits per heavy atom. The molecule has 72 valence electrons. The molecule has 1 atom stereocenters. The van der Waals surface area contributed by atoms with Crippen LogP contribution in [0.1, 0.15) is 59.3 Å². The smallest absolute Gasteiger partial charge is 0.129 e. The zero-order chi connectivity index (χ0) is 9.40. The maximum atomic E-state index is 10.7. The molecule has 0 heterocycles. The van der Waals surface area contributed by atoms with E-state index in [2.05, 4.69) is 13.8 Å². The van der Waals surface area contributed by atoms with Gasteiger partial charge in [-0.2, -0.15) is 0 Å². The second-order valence-corrected chi connectivity index (χ2v) is 3.66. The Kier molecular flexibility index (Phi) is 7.12. The first-order valence-electron chi connectivity index (χ1n) is 5.20. The Morgan fingerprint density at radius 3 is 2.33 bits per heavy atom. The van der Waals surface area contributed by atoms with Crippen LogP contribution in [-0.2, 0) is 4.79 Å². The van der Waals surface area contributed by atoms with Gasteiger partial charge in [-0.25, -0.2) is 0 Å². The highest BCUT2D eigenvalue weighted by molar-refractivity contribution is 5.75. The standard InChI is InChI=1S/C11H22O/c1-4-6-7-11(5-2)9-8-10(3)12/h11H,4-9H2,1-3H3. The van der Waals surface area contributed by atoms with Crippen LogP contribution in [0.15, 0.2) is 0 Å². The van der Waals surface area contributed by atoms with Gasteiger partial charge in [-0.3, -0.25) is 0 Å². The van der Waals surface area contributed by atoms with Gasteiger partial charge in [0.05, 0.1) is 0 Å². The van der Waals surface area contributed by atoms with Gasteiger partial charge in [0.2, 0.25) is 0 Å². The quantitative estimate of drug-likeness (QED) is 0.571. The molecule has 1 unspecified atom stereocenters. The summed E-state index contributed by atoms with van der Waals surface area (Å²) in [5.41, 5.74) is 0. The number of rotatable bonds is 7. The van der Waals surface area contributed by atoms with Crippen LogP contribution in [-0.4, -0.2) is 5.78 Å². The van der Waals surface area contributed by atoms with E-state index < -0.39 is 0 Å². The largest absolute Gasteiger partial charge is 0.300 e. The normalized spacial score (nSPS) is 12.9. The Bertz CT molecular complexity index is 118. The molecular weight excluding hydrogens is 148 g/mol. The number of hydrogen-bond acceptors (Lipinski definition) is 1. The summed E-state index contributed by atoms with van der Waals surface area (Å²) in [7, 11) is 0. The number of carbonyl (C=O) groups is 1. The Morgan fingerprint density at radius 2 is 1.92 bits per heavy atom. The van der Waals surface area contributed by atoms with Crippen LogP contribution >= 0.6 is 0 Å². The average molecular weight is 170 g/mol. The third-order valence-corrected chi connectivity index (χ3v) is 2.45. The van der Waals surface area contributed by atoms with E-state index in [4.69, 9.17) is 0 Å². The van der Waals surface area contributed by atoms with E-state index in [1.165, 1.54) is 25.7 Å². The minimum Gasteiger partial charge on any atom is -0.300 e. The number of Topliss-reactive ketones (excluding diaryl/α,β-unsaturated/α-hetero) is 1. The molecule has 0 aromatic carbocycles. The summed E-state index contributed by atoms with van der Waals surface area (Å²) in [4.78, 5) is 10.7. The van der Waals surface area contributed by atoms with Gasteiger partial charge in [0.15, 0.2) is 0 Å². The summed E-state index contributed by atoms with van der Waals surface area (Å²) in [6.45, 7) is 6.13. The van der Waals surface area contributed by atoms with Crippen molar-refractivity contribution >= 4 is 5.78 Å². The van der Waals surface area contributed by atoms with Crippen LogP contribution in [0.2, 0.25) is 0 Å².